The molecule has 0 aromatic carbocycles. The molecule has 27 heavy (non-hydrogen) atoms. The van der Waals surface area contributed by atoms with E-state index in [9.17, 15) is 8.42 Å². The fourth-order valence-corrected chi connectivity index (χ4v) is 3.81. The summed E-state index contributed by atoms with van der Waals surface area (Å²) in [5.74, 6) is 2.10. The Morgan fingerprint density at radius 2 is 1.93 bits per heavy atom. The Morgan fingerprint density at radius 3 is 2.44 bits per heavy atom. The molecule has 1 fully saturated rings. The minimum atomic E-state index is -2.93. The van der Waals surface area contributed by atoms with E-state index in [0.29, 0.717) is 13.0 Å². The predicted octanol–water partition coefficient (Wildman–Crippen LogP) is 1.86. The highest BCUT2D eigenvalue weighted by Crippen LogP contribution is 2.20. The van der Waals surface area contributed by atoms with Gasteiger partial charge in [-0.2, -0.15) is 0 Å². The lowest BCUT2D eigenvalue weighted by Gasteiger charge is -2.38. The summed E-state index contributed by atoms with van der Waals surface area (Å²) in [5, 5.41) is 3.42. The van der Waals surface area contributed by atoms with Crippen LogP contribution in [-0.2, 0) is 9.84 Å². The van der Waals surface area contributed by atoms with Gasteiger partial charge in [0.1, 0.15) is 15.7 Å². The number of anilines is 1. The second-order valence-corrected chi connectivity index (χ2v) is 9.87. The van der Waals surface area contributed by atoms with Crippen LogP contribution < -0.4 is 10.2 Å². The van der Waals surface area contributed by atoms with Crippen molar-refractivity contribution in [2.24, 2.45) is 10.4 Å². The Morgan fingerprint density at radius 1 is 1.26 bits per heavy atom. The molecule has 1 aliphatic heterocycles. The maximum Gasteiger partial charge on any atom is 0.193 e. The summed E-state index contributed by atoms with van der Waals surface area (Å²) in [6.45, 7) is 8.40. The first kappa shape index (κ1) is 23.9. The molecule has 1 saturated heterocycles. The zero-order valence-corrected chi connectivity index (χ0v) is 19.8. The van der Waals surface area contributed by atoms with Crippen LogP contribution in [0.3, 0.4) is 0 Å². The minimum absolute atomic E-state index is 0. The fourth-order valence-electron chi connectivity index (χ4n) is 2.89. The van der Waals surface area contributed by atoms with Crippen LogP contribution >= 0.6 is 24.0 Å². The van der Waals surface area contributed by atoms with Crippen molar-refractivity contribution in [3.8, 4) is 0 Å². The Bertz CT molecular complexity index is 702. The lowest BCUT2D eigenvalue weighted by Crippen LogP contribution is -2.53. The van der Waals surface area contributed by atoms with E-state index in [0.717, 1.165) is 38.0 Å². The summed E-state index contributed by atoms with van der Waals surface area (Å²) in [4.78, 5) is 13.3. The molecular weight excluding hydrogens is 477 g/mol. The van der Waals surface area contributed by atoms with E-state index in [4.69, 9.17) is 0 Å². The molecular formula is C18H32IN5O2S. The third-order valence-electron chi connectivity index (χ3n) is 4.64. The molecule has 0 bridgehead atoms. The molecule has 0 amide bonds. The van der Waals surface area contributed by atoms with E-state index in [-0.39, 0.29) is 35.1 Å². The molecule has 0 saturated carbocycles. The number of sulfone groups is 1. The first-order chi connectivity index (χ1) is 12.2. The lowest BCUT2D eigenvalue weighted by molar-refractivity contribution is 0.327. The van der Waals surface area contributed by atoms with E-state index >= 15 is 0 Å². The van der Waals surface area contributed by atoms with Crippen LogP contribution in [0.4, 0.5) is 5.82 Å². The van der Waals surface area contributed by atoms with Crippen molar-refractivity contribution in [1.82, 2.24) is 15.2 Å². The minimum Gasteiger partial charge on any atom is -0.356 e. The van der Waals surface area contributed by atoms with Crippen molar-refractivity contribution in [2.45, 2.75) is 20.3 Å². The van der Waals surface area contributed by atoms with Gasteiger partial charge in [-0.3, -0.25) is 4.99 Å². The summed E-state index contributed by atoms with van der Waals surface area (Å²) in [6.07, 6.45) is 3.74. The fraction of sp³-hybridized carbons (Fsp3) is 0.667. The van der Waals surface area contributed by atoms with Gasteiger partial charge in [-0.05, 0) is 24.0 Å². The molecule has 1 aromatic heterocycles. The number of piperazine rings is 1. The smallest absolute Gasteiger partial charge is 0.193 e. The van der Waals surface area contributed by atoms with Crippen LogP contribution in [0.5, 0.6) is 0 Å². The number of hydrogen-bond donors (Lipinski definition) is 1. The van der Waals surface area contributed by atoms with Gasteiger partial charge in [0, 0.05) is 52.2 Å². The number of nitrogens with one attached hydrogen (secondary N) is 1. The largest absolute Gasteiger partial charge is 0.356 e. The zero-order chi connectivity index (χ0) is 19.2. The standard InChI is InChI=1S/C18H31N5O2S.HI/c1-18(2,8-14-26(4,24)25)15-21-17(19-3)23-12-10-22(11-13-23)16-7-5-6-9-20-16;/h5-7,9H,8,10-15H2,1-4H3,(H,19,21);1H. The topological polar surface area (TPSA) is 77.9 Å². The molecule has 0 atom stereocenters. The number of guanidine groups is 1. The third kappa shape index (κ3) is 8.20. The number of nitrogens with zero attached hydrogens (tertiary/aromatic N) is 4. The van der Waals surface area contributed by atoms with E-state index < -0.39 is 9.84 Å². The molecule has 1 N–H and O–H groups in total. The van der Waals surface area contributed by atoms with Gasteiger partial charge in [0.15, 0.2) is 5.96 Å². The van der Waals surface area contributed by atoms with Crippen LogP contribution in [0, 0.1) is 5.41 Å². The van der Waals surface area contributed by atoms with Gasteiger partial charge in [0.25, 0.3) is 0 Å². The molecule has 7 nitrogen and oxygen atoms in total. The van der Waals surface area contributed by atoms with Crippen LogP contribution in [0.2, 0.25) is 0 Å². The first-order valence-corrected chi connectivity index (χ1v) is 11.1. The van der Waals surface area contributed by atoms with Crippen LogP contribution in [-0.4, -0.2) is 76.0 Å². The third-order valence-corrected chi connectivity index (χ3v) is 5.58. The highest BCUT2D eigenvalue weighted by molar-refractivity contribution is 14.0. The highest BCUT2D eigenvalue weighted by atomic mass is 127. The number of aliphatic imine (C=N–C) groups is 1. The van der Waals surface area contributed by atoms with Crippen molar-refractivity contribution >= 4 is 45.6 Å². The second-order valence-electron chi connectivity index (χ2n) is 7.61. The predicted molar refractivity (Wildman–Crippen MR) is 123 cm³/mol. The van der Waals surface area contributed by atoms with Gasteiger partial charge >= 0.3 is 0 Å². The van der Waals surface area contributed by atoms with Gasteiger partial charge < -0.3 is 15.1 Å². The molecule has 0 aliphatic carbocycles. The number of aromatic nitrogens is 1. The first-order valence-electron chi connectivity index (χ1n) is 8.99. The quantitative estimate of drug-likeness (QED) is 0.359. The van der Waals surface area contributed by atoms with Crippen LogP contribution in [0.25, 0.3) is 0 Å². The summed E-state index contributed by atoms with van der Waals surface area (Å²) in [7, 11) is -1.15. The van der Waals surface area contributed by atoms with Gasteiger partial charge in [0.2, 0.25) is 0 Å². The number of rotatable bonds is 6. The zero-order valence-electron chi connectivity index (χ0n) is 16.7. The van der Waals surface area contributed by atoms with E-state index in [1.54, 1.807) is 7.05 Å². The summed E-state index contributed by atoms with van der Waals surface area (Å²) >= 11 is 0. The molecule has 0 unspecified atom stereocenters. The average Bonchev–Trinajstić information content (AvgIpc) is 2.61. The lowest BCUT2D eigenvalue weighted by atomic mass is 9.90. The Kier molecular flexibility index (Phi) is 9.26. The average molecular weight is 509 g/mol. The monoisotopic (exact) mass is 509 g/mol. The summed E-state index contributed by atoms with van der Waals surface area (Å²) in [6, 6.07) is 5.97. The van der Waals surface area contributed by atoms with Crippen molar-refractivity contribution in [3.63, 3.8) is 0 Å². The normalized spacial score (nSPS) is 16.1. The molecule has 1 aliphatic rings. The molecule has 9 heteroatoms. The molecule has 0 spiro atoms. The van der Waals surface area contributed by atoms with E-state index in [1.165, 1.54) is 6.26 Å². The molecule has 154 valence electrons. The maximum absolute atomic E-state index is 11.4. The van der Waals surface area contributed by atoms with Crippen molar-refractivity contribution in [2.75, 3.05) is 56.7 Å². The Labute approximate surface area is 180 Å². The molecule has 2 rings (SSSR count). The van der Waals surface area contributed by atoms with Gasteiger partial charge in [-0.1, -0.05) is 19.9 Å². The highest BCUT2D eigenvalue weighted by Gasteiger charge is 2.24. The Balaban J connectivity index is 0.00000364. The SMILES string of the molecule is CN=C(NCC(C)(C)CCS(C)(=O)=O)N1CCN(c2ccccn2)CC1.I. The van der Waals surface area contributed by atoms with Crippen LogP contribution in [0.1, 0.15) is 20.3 Å². The molecule has 2 heterocycles. The van der Waals surface area contributed by atoms with Gasteiger partial charge in [-0.15, -0.1) is 24.0 Å². The number of hydrogen-bond acceptors (Lipinski definition) is 5. The van der Waals surface area contributed by atoms with E-state index in [2.05, 4.69) is 38.9 Å². The molecule has 1 aromatic rings. The van der Waals surface area contributed by atoms with Gasteiger partial charge in [-0.25, -0.2) is 13.4 Å². The summed E-state index contributed by atoms with van der Waals surface area (Å²) in [5.41, 5.74) is -0.116. The number of halogens is 1. The van der Waals surface area contributed by atoms with Gasteiger partial charge in [0.05, 0.1) is 5.75 Å². The van der Waals surface area contributed by atoms with E-state index in [1.807, 2.05) is 24.4 Å². The maximum atomic E-state index is 11.4. The second kappa shape index (κ2) is 10.4. The molecule has 0 radical (unpaired) electrons. The van der Waals surface area contributed by atoms with Crippen molar-refractivity contribution in [3.05, 3.63) is 24.4 Å². The number of pyridine rings is 1. The van der Waals surface area contributed by atoms with Crippen molar-refractivity contribution in [1.29, 1.82) is 0 Å². The van der Waals surface area contributed by atoms with Crippen molar-refractivity contribution < 1.29 is 8.42 Å². The Hall–Kier alpha value is -1.10. The van der Waals surface area contributed by atoms with Crippen LogP contribution in [0.15, 0.2) is 29.4 Å². The summed E-state index contributed by atoms with van der Waals surface area (Å²) < 4.78 is 22.8.